The molecule has 2 unspecified atom stereocenters. The lowest BCUT2D eigenvalue weighted by Gasteiger charge is -2.24. The van der Waals surface area contributed by atoms with E-state index >= 15 is 0 Å². The minimum Gasteiger partial charge on any atom is -0.497 e. The highest BCUT2D eigenvalue weighted by molar-refractivity contribution is 5.97. The smallest absolute Gasteiger partial charge is 0.163 e. The second-order valence-corrected chi connectivity index (χ2v) is 7.91. The van der Waals surface area contributed by atoms with E-state index in [2.05, 4.69) is 6.07 Å². The molecule has 4 rings (SSSR count). The third kappa shape index (κ3) is 4.73. The van der Waals surface area contributed by atoms with Gasteiger partial charge < -0.3 is 9.47 Å². The first-order chi connectivity index (χ1) is 16.1. The van der Waals surface area contributed by atoms with E-state index < -0.39 is 5.92 Å². The van der Waals surface area contributed by atoms with Crippen molar-refractivity contribution in [3.05, 3.63) is 108 Å². The number of benzene rings is 4. The highest BCUT2D eigenvalue weighted by Crippen LogP contribution is 2.39. The summed E-state index contributed by atoms with van der Waals surface area (Å²) in [4.78, 5) is 13.3. The Labute approximate surface area is 194 Å². The summed E-state index contributed by atoms with van der Waals surface area (Å²) in [6.45, 7) is 0. The van der Waals surface area contributed by atoms with E-state index in [0.717, 1.165) is 27.6 Å². The van der Waals surface area contributed by atoms with Crippen molar-refractivity contribution in [2.75, 3.05) is 14.2 Å². The maximum Gasteiger partial charge on any atom is 0.163 e. The van der Waals surface area contributed by atoms with Crippen molar-refractivity contribution >= 4 is 16.6 Å². The van der Waals surface area contributed by atoms with Crippen LogP contribution in [0.1, 0.15) is 39.7 Å². The lowest BCUT2D eigenvalue weighted by molar-refractivity contribution is 0.0972. The van der Waals surface area contributed by atoms with Gasteiger partial charge in [-0.1, -0.05) is 54.6 Å². The van der Waals surface area contributed by atoms with Gasteiger partial charge in [-0.2, -0.15) is 5.26 Å². The Balaban J connectivity index is 1.76. The van der Waals surface area contributed by atoms with Crippen molar-refractivity contribution in [3.8, 4) is 17.6 Å². The minimum absolute atomic E-state index is 0.0149. The first-order valence-corrected chi connectivity index (χ1v) is 10.8. The van der Waals surface area contributed by atoms with Gasteiger partial charge in [0.1, 0.15) is 11.5 Å². The van der Waals surface area contributed by atoms with E-state index in [-0.39, 0.29) is 18.1 Å². The van der Waals surface area contributed by atoms with Crippen LogP contribution in [0.3, 0.4) is 0 Å². The van der Waals surface area contributed by atoms with E-state index in [1.54, 1.807) is 38.5 Å². The van der Waals surface area contributed by atoms with Gasteiger partial charge in [-0.3, -0.25) is 4.79 Å². The summed E-state index contributed by atoms with van der Waals surface area (Å²) in [5.74, 6) is 0.605. The second kappa shape index (κ2) is 10.0. The molecule has 0 aliphatic rings. The predicted octanol–water partition coefficient (Wildman–Crippen LogP) is 6.52. The van der Waals surface area contributed by atoms with Crippen LogP contribution in [0.5, 0.6) is 11.5 Å². The molecule has 0 aliphatic heterocycles. The van der Waals surface area contributed by atoms with Crippen LogP contribution >= 0.6 is 0 Å². The second-order valence-electron chi connectivity index (χ2n) is 7.91. The van der Waals surface area contributed by atoms with Crippen LogP contribution in [0.2, 0.25) is 0 Å². The fourth-order valence-electron chi connectivity index (χ4n) is 4.27. The number of rotatable bonds is 8. The van der Waals surface area contributed by atoms with Crippen molar-refractivity contribution < 1.29 is 14.3 Å². The molecule has 0 aromatic heterocycles. The van der Waals surface area contributed by atoms with Gasteiger partial charge in [0.05, 0.1) is 26.2 Å². The van der Waals surface area contributed by atoms with Crippen LogP contribution in [-0.4, -0.2) is 20.0 Å². The fraction of sp³-hybridized carbons (Fsp3) is 0.172. The van der Waals surface area contributed by atoms with E-state index in [1.165, 1.54) is 0 Å². The molecule has 4 aromatic rings. The lowest BCUT2D eigenvalue weighted by atomic mass is 9.77. The number of nitrogens with zero attached hydrogens (tertiary/aromatic N) is 1. The quantitative estimate of drug-likeness (QED) is 0.296. The SMILES string of the molecule is COc1ccc(C(=O)CC(c2ccc(OC)cc2)C(C#N)c2cccc3ccccc23)cc1. The number of nitriles is 1. The van der Waals surface area contributed by atoms with E-state index in [0.29, 0.717) is 11.3 Å². The number of hydrogen-bond donors (Lipinski definition) is 0. The van der Waals surface area contributed by atoms with Gasteiger partial charge in [0, 0.05) is 17.9 Å². The summed E-state index contributed by atoms with van der Waals surface area (Å²) in [6, 6.07) is 31.3. The zero-order chi connectivity index (χ0) is 23.2. The molecule has 4 nitrogen and oxygen atoms in total. The number of ketones is 1. The van der Waals surface area contributed by atoms with Crippen molar-refractivity contribution in [1.29, 1.82) is 5.26 Å². The Morgan fingerprint density at radius 3 is 2.06 bits per heavy atom. The molecular weight excluding hydrogens is 410 g/mol. The van der Waals surface area contributed by atoms with Gasteiger partial charge in [-0.25, -0.2) is 0 Å². The average Bonchev–Trinajstić information content (AvgIpc) is 2.88. The van der Waals surface area contributed by atoms with Crippen molar-refractivity contribution in [1.82, 2.24) is 0 Å². The molecule has 0 fully saturated rings. The maximum absolute atomic E-state index is 13.3. The summed E-state index contributed by atoms with van der Waals surface area (Å²) in [6.07, 6.45) is 0.208. The van der Waals surface area contributed by atoms with E-state index in [1.807, 2.05) is 66.7 Å². The van der Waals surface area contributed by atoms with Gasteiger partial charge in [-0.15, -0.1) is 0 Å². The van der Waals surface area contributed by atoms with Gasteiger partial charge in [0.25, 0.3) is 0 Å². The third-order valence-electron chi connectivity index (χ3n) is 6.06. The standard InChI is InChI=1S/C29H25NO3/c1-32-23-14-10-21(11-15-23)27(18-29(31)22-12-16-24(33-2)17-13-22)28(19-30)26-9-5-7-20-6-3-4-8-25(20)26/h3-17,27-28H,18H2,1-2H3. The van der Waals surface area contributed by atoms with E-state index in [4.69, 9.17) is 9.47 Å². The number of methoxy groups -OCH3 is 2. The number of carbonyl (C=O) groups is 1. The summed E-state index contributed by atoms with van der Waals surface area (Å²) < 4.78 is 10.5. The number of carbonyl (C=O) groups excluding carboxylic acids is 1. The molecule has 0 saturated carbocycles. The molecule has 0 heterocycles. The van der Waals surface area contributed by atoms with Crippen LogP contribution in [0, 0.1) is 11.3 Å². The normalized spacial score (nSPS) is 12.5. The van der Waals surface area contributed by atoms with Crippen molar-refractivity contribution in [2.24, 2.45) is 0 Å². The van der Waals surface area contributed by atoms with Crippen LogP contribution in [0.4, 0.5) is 0 Å². The van der Waals surface area contributed by atoms with E-state index in [9.17, 15) is 10.1 Å². The molecule has 2 atom stereocenters. The summed E-state index contributed by atoms with van der Waals surface area (Å²) in [5.41, 5.74) is 2.46. The Kier molecular flexibility index (Phi) is 6.71. The number of ether oxygens (including phenoxy) is 2. The molecule has 0 saturated heterocycles. The van der Waals surface area contributed by atoms with Crippen LogP contribution in [0.15, 0.2) is 91.0 Å². The average molecular weight is 436 g/mol. The molecule has 4 heteroatoms. The topological polar surface area (TPSA) is 59.3 Å². The van der Waals surface area contributed by atoms with Gasteiger partial charge in [0.2, 0.25) is 0 Å². The Hall–Kier alpha value is -4.10. The number of Topliss-reactive ketones (excluding diaryl/α,β-unsaturated/α-hetero) is 1. The summed E-state index contributed by atoms with van der Waals surface area (Å²) in [7, 11) is 3.21. The van der Waals surface area contributed by atoms with Crippen molar-refractivity contribution in [2.45, 2.75) is 18.3 Å². The number of hydrogen-bond acceptors (Lipinski definition) is 4. The first-order valence-electron chi connectivity index (χ1n) is 10.8. The first kappa shape index (κ1) is 22.1. The van der Waals surface area contributed by atoms with Gasteiger partial charge >= 0.3 is 0 Å². The Morgan fingerprint density at radius 1 is 0.818 bits per heavy atom. The number of fused-ring (bicyclic) bond motifs is 1. The van der Waals surface area contributed by atoms with Gasteiger partial charge in [-0.05, 0) is 58.3 Å². The summed E-state index contributed by atoms with van der Waals surface area (Å²) in [5, 5.41) is 12.4. The molecule has 0 aliphatic carbocycles. The van der Waals surface area contributed by atoms with Gasteiger partial charge in [0.15, 0.2) is 5.78 Å². The molecule has 0 spiro atoms. The third-order valence-corrected chi connectivity index (χ3v) is 6.06. The maximum atomic E-state index is 13.3. The zero-order valence-corrected chi connectivity index (χ0v) is 18.7. The fourth-order valence-corrected chi connectivity index (χ4v) is 4.27. The highest BCUT2D eigenvalue weighted by atomic mass is 16.5. The molecule has 0 amide bonds. The molecule has 33 heavy (non-hydrogen) atoms. The molecule has 0 radical (unpaired) electrons. The highest BCUT2D eigenvalue weighted by Gasteiger charge is 2.29. The lowest BCUT2D eigenvalue weighted by Crippen LogP contribution is -2.15. The van der Waals surface area contributed by atoms with Crippen LogP contribution in [-0.2, 0) is 0 Å². The molecule has 0 N–H and O–H groups in total. The predicted molar refractivity (Wildman–Crippen MR) is 130 cm³/mol. The zero-order valence-electron chi connectivity index (χ0n) is 18.7. The monoisotopic (exact) mass is 435 g/mol. The molecule has 164 valence electrons. The molecular formula is C29H25NO3. The minimum atomic E-state index is -0.494. The summed E-state index contributed by atoms with van der Waals surface area (Å²) >= 11 is 0. The molecule has 4 aromatic carbocycles. The Morgan fingerprint density at radius 2 is 1.42 bits per heavy atom. The Bertz CT molecular complexity index is 1280. The molecule has 0 bridgehead atoms. The van der Waals surface area contributed by atoms with Crippen LogP contribution in [0.25, 0.3) is 10.8 Å². The largest absolute Gasteiger partial charge is 0.497 e. The van der Waals surface area contributed by atoms with Crippen molar-refractivity contribution in [3.63, 3.8) is 0 Å². The van der Waals surface area contributed by atoms with Crippen LogP contribution < -0.4 is 9.47 Å².